The zero-order chi connectivity index (χ0) is 30.2. The van der Waals surface area contributed by atoms with E-state index < -0.39 is 28.5 Å². The van der Waals surface area contributed by atoms with Gasteiger partial charge < -0.3 is 15.0 Å². The van der Waals surface area contributed by atoms with E-state index in [1.165, 1.54) is 42.3 Å². The Balaban J connectivity index is 2.03. The number of carbonyl (C=O) groups is 2. The van der Waals surface area contributed by atoms with Crippen molar-refractivity contribution in [1.82, 2.24) is 10.2 Å². The number of nitrogens with zero attached hydrogens (tertiary/aromatic N) is 2. The number of carbonyl (C=O) groups excluding carboxylic acids is 2. The van der Waals surface area contributed by atoms with E-state index in [2.05, 4.69) is 5.32 Å². The number of ether oxygens (including phenoxy) is 1. The second-order valence-electron chi connectivity index (χ2n) is 9.25. The number of unbranched alkanes of at least 4 members (excludes halogenated alkanes) is 1. The summed E-state index contributed by atoms with van der Waals surface area (Å²) in [5, 5.41) is 3.86. The van der Waals surface area contributed by atoms with Crippen molar-refractivity contribution in [3.63, 3.8) is 0 Å². The molecule has 41 heavy (non-hydrogen) atoms. The normalized spacial score (nSPS) is 12.0. The van der Waals surface area contributed by atoms with E-state index in [-0.39, 0.29) is 23.0 Å². The van der Waals surface area contributed by atoms with Gasteiger partial charge in [0.25, 0.3) is 10.0 Å². The standard InChI is InChI=1S/C29H32Cl3N3O5S/c1-4-5-15-33-29(37)20(2)34(18-21-9-10-23(31)17-27(21)32)28(36)19-35(24-8-6-7-22(30)16-24)41(38,39)26-13-11-25(40-3)12-14-26/h6-14,16-17,20H,4-5,15,18-19H2,1-3H3,(H,33,37)/t20-/m1/s1. The van der Waals surface area contributed by atoms with Crippen molar-refractivity contribution in [2.24, 2.45) is 0 Å². The third-order valence-corrected chi connectivity index (χ3v) is 8.99. The van der Waals surface area contributed by atoms with Crippen molar-refractivity contribution in [2.75, 3.05) is 24.5 Å². The molecule has 0 aromatic heterocycles. The molecule has 0 spiro atoms. The van der Waals surface area contributed by atoms with Crippen LogP contribution >= 0.6 is 34.8 Å². The first-order valence-corrected chi connectivity index (χ1v) is 15.5. The Labute approximate surface area is 256 Å². The highest BCUT2D eigenvalue weighted by molar-refractivity contribution is 7.92. The lowest BCUT2D eigenvalue weighted by Crippen LogP contribution is -2.51. The van der Waals surface area contributed by atoms with Gasteiger partial charge in [-0.2, -0.15) is 0 Å². The van der Waals surface area contributed by atoms with E-state index in [9.17, 15) is 18.0 Å². The minimum Gasteiger partial charge on any atom is -0.497 e. The lowest BCUT2D eigenvalue weighted by atomic mass is 10.1. The molecule has 1 N–H and O–H groups in total. The first-order chi connectivity index (χ1) is 19.5. The summed E-state index contributed by atoms with van der Waals surface area (Å²) in [5.41, 5.74) is 0.733. The van der Waals surface area contributed by atoms with Gasteiger partial charge in [0.2, 0.25) is 11.8 Å². The van der Waals surface area contributed by atoms with Crippen LogP contribution < -0.4 is 14.4 Å². The molecule has 1 atom stereocenters. The molecule has 0 aliphatic rings. The van der Waals surface area contributed by atoms with Gasteiger partial charge in [-0.05, 0) is 73.5 Å². The first kappa shape index (κ1) is 32.5. The molecule has 0 aliphatic carbocycles. The zero-order valence-electron chi connectivity index (χ0n) is 22.9. The molecule has 0 radical (unpaired) electrons. The number of hydrogen-bond donors (Lipinski definition) is 1. The lowest BCUT2D eigenvalue weighted by Gasteiger charge is -2.32. The topological polar surface area (TPSA) is 96.0 Å². The second-order valence-corrected chi connectivity index (χ2v) is 12.4. The van der Waals surface area contributed by atoms with E-state index in [1.807, 2.05) is 6.92 Å². The van der Waals surface area contributed by atoms with Crippen LogP contribution in [0.15, 0.2) is 71.6 Å². The van der Waals surface area contributed by atoms with E-state index in [1.54, 1.807) is 43.3 Å². The minimum absolute atomic E-state index is 0.0521. The highest BCUT2D eigenvalue weighted by Gasteiger charge is 2.33. The number of hydrogen-bond acceptors (Lipinski definition) is 5. The van der Waals surface area contributed by atoms with Gasteiger partial charge in [-0.1, -0.05) is 60.3 Å². The summed E-state index contributed by atoms with van der Waals surface area (Å²) in [6.07, 6.45) is 1.66. The molecular formula is C29H32Cl3N3O5S. The molecule has 12 heteroatoms. The third kappa shape index (κ3) is 8.52. The lowest BCUT2D eigenvalue weighted by molar-refractivity contribution is -0.139. The summed E-state index contributed by atoms with van der Waals surface area (Å²) in [4.78, 5) is 28.3. The van der Waals surface area contributed by atoms with Crippen LogP contribution in [-0.4, -0.2) is 51.4 Å². The number of nitrogens with one attached hydrogen (secondary N) is 1. The molecule has 2 amide bonds. The number of halogens is 3. The van der Waals surface area contributed by atoms with Crippen LogP contribution in [0.25, 0.3) is 0 Å². The smallest absolute Gasteiger partial charge is 0.264 e. The summed E-state index contributed by atoms with van der Waals surface area (Å²) in [5.74, 6) is -0.515. The minimum atomic E-state index is -4.25. The largest absolute Gasteiger partial charge is 0.497 e. The van der Waals surface area contributed by atoms with Crippen LogP contribution in [-0.2, 0) is 26.2 Å². The molecule has 0 saturated heterocycles. The van der Waals surface area contributed by atoms with Crippen LogP contribution in [0.5, 0.6) is 5.75 Å². The molecule has 0 bridgehead atoms. The maximum absolute atomic E-state index is 14.0. The Morgan fingerprint density at radius 3 is 2.27 bits per heavy atom. The number of sulfonamides is 1. The fourth-order valence-corrected chi connectivity index (χ4v) is 6.05. The zero-order valence-corrected chi connectivity index (χ0v) is 26.0. The number of amides is 2. The molecule has 0 heterocycles. The van der Waals surface area contributed by atoms with Gasteiger partial charge in [-0.15, -0.1) is 0 Å². The average Bonchev–Trinajstić information content (AvgIpc) is 2.95. The van der Waals surface area contributed by atoms with Gasteiger partial charge in [-0.25, -0.2) is 8.42 Å². The summed E-state index contributed by atoms with van der Waals surface area (Å²) in [7, 11) is -2.77. The predicted octanol–water partition coefficient (Wildman–Crippen LogP) is 6.18. The van der Waals surface area contributed by atoms with Crippen molar-refractivity contribution in [3.8, 4) is 5.75 Å². The Bertz CT molecular complexity index is 1470. The molecule has 0 saturated carbocycles. The van der Waals surface area contributed by atoms with Crippen LogP contribution in [0, 0.1) is 0 Å². The highest BCUT2D eigenvalue weighted by Crippen LogP contribution is 2.28. The van der Waals surface area contributed by atoms with Gasteiger partial charge in [0.05, 0.1) is 17.7 Å². The Kier molecular flexibility index (Phi) is 11.7. The molecule has 220 valence electrons. The molecule has 8 nitrogen and oxygen atoms in total. The van der Waals surface area contributed by atoms with Crippen molar-refractivity contribution < 1.29 is 22.7 Å². The average molecular weight is 641 g/mol. The summed E-state index contributed by atoms with van der Waals surface area (Å²) in [6.45, 7) is 3.38. The summed E-state index contributed by atoms with van der Waals surface area (Å²) < 4.78 is 33.9. The van der Waals surface area contributed by atoms with E-state index >= 15 is 0 Å². The molecule has 3 rings (SSSR count). The van der Waals surface area contributed by atoms with Crippen molar-refractivity contribution in [3.05, 3.63) is 87.4 Å². The molecule has 3 aromatic rings. The van der Waals surface area contributed by atoms with Gasteiger partial charge in [0, 0.05) is 28.2 Å². The molecule has 3 aromatic carbocycles. The number of methoxy groups -OCH3 is 1. The monoisotopic (exact) mass is 639 g/mol. The van der Waals surface area contributed by atoms with Crippen LogP contribution in [0.3, 0.4) is 0 Å². The van der Waals surface area contributed by atoms with Gasteiger partial charge in [0.15, 0.2) is 0 Å². The van der Waals surface area contributed by atoms with E-state index in [0.717, 1.165) is 17.1 Å². The van der Waals surface area contributed by atoms with Crippen LogP contribution in [0.1, 0.15) is 32.3 Å². The summed E-state index contributed by atoms with van der Waals surface area (Å²) in [6, 6.07) is 15.9. The Morgan fingerprint density at radius 2 is 1.66 bits per heavy atom. The van der Waals surface area contributed by atoms with Crippen molar-refractivity contribution in [1.29, 1.82) is 0 Å². The molecule has 0 fully saturated rings. The van der Waals surface area contributed by atoms with Crippen LogP contribution in [0.2, 0.25) is 15.1 Å². The fraction of sp³-hybridized carbons (Fsp3) is 0.310. The molecule has 0 aliphatic heterocycles. The number of benzene rings is 3. The number of rotatable bonds is 13. The molecular weight excluding hydrogens is 609 g/mol. The van der Waals surface area contributed by atoms with Gasteiger partial charge in [0.1, 0.15) is 18.3 Å². The van der Waals surface area contributed by atoms with Gasteiger partial charge >= 0.3 is 0 Å². The molecule has 0 unspecified atom stereocenters. The van der Waals surface area contributed by atoms with Crippen molar-refractivity contribution >= 4 is 62.3 Å². The first-order valence-electron chi connectivity index (χ1n) is 12.9. The second kappa shape index (κ2) is 14.8. The van der Waals surface area contributed by atoms with E-state index in [0.29, 0.717) is 32.9 Å². The Hall–Kier alpha value is -2.98. The third-order valence-electron chi connectivity index (χ3n) is 6.38. The fourth-order valence-electron chi connectivity index (χ4n) is 3.99. The summed E-state index contributed by atoms with van der Waals surface area (Å²) >= 11 is 18.7. The predicted molar refractivity (Wildman–Crippen MR) is 163 cm³/mol. The quantitative estimate of drug-likeness (QED) is 0.225. The van der Waals surface area contributed by atoms with Gasteiger partial charge in [-0.3, -0.25) is 13.9 Å². The van der Waals surface area contributed by atoms with Crippen LogP contribution in [0.4, 0.5) is 5.69 Å². The maximum Gasteiger partial charge on any atom is 0.264 e. The van der Waals surface area contributed by atoms with Crippen molar-refractivity contribution in [2.45, 2.75) is 44.2 Å². The SMILES string of the molecule is CCCCNC(=O)[C@@H](C)N(Cc1ccc(Cl)cc1Cl)C(=O)CN(c1cccc(Cl)c1)S(=O)(=O)c1ccc(OC)cc1. The Morgan fingerprint density at radius 1 is 0.976 bits per heavy atom. The number of anilines is 1. The maximum atomic E-state index is 14.0. The van der Waals surface area contributed by atoms with E-state index in [4.69, 9.17) is 39.5 Å². The highest BCUT2D eigenvalue weighted by atomic mass is 35.5.